The molecule has 1 aliphatic rings. The molecule has 0 N–H and O–H groups in total. The molecule has 1 aromatic carbocycles. The SMILES string of the molecule is CN(C)C(=O)CCN1C(=O)CS[C@H]1c1ccccc1Cl. The molecule has 1 fully saturated rings. The zero-order valence-electron chi connectivity index (χ0n) is 11.5. The lowest BCUT2D eigenvalue weighted by atomic mass is 10.2. The lowest BCUT2D eigenvalue weighted by Gasteiger charge is -2.25. The number of amides is 2. The van der Waals surface area contributed by atoms with E-state index in [2.05, 4.69) is 0 Å². The van der Waals surface area contributed by atoms with Crippen molar-refractivity contribution < 1.29 is 9.59 Å². The topological polar surface area (TPSA) is 40.6 Å². The number of benzene rings is 1. The van der Waals surface area contributed by atoms with Gasteiger partial charge in [0.15, 0.2) is 0 Å². The van der Waals surface area contributed by atoms with Crippen molar-refractivity contribution in [2.45, 2.75) is 11.8 Å². The maximum absolute atomic E-state index is 12.0. The van der Waals surface area contributed by atoms with Gasteiger partial charge in [0.2, 0.25) is 11.8 Å². The number of carbonyl (C=O) groups is 2. The van der Waals surface area contributed by atoms with E-state index in [9.17, 15) is 9.59 Å². The maximum Gasteiger partial charge on any atom is 0.233 e. The molecule has 0 spiro atoms. The van der Waals surface area contributed by atoms with Crippen molar-refractivity contribution in [2.75, 3.05) is 26.4 Å². The van der Waals surface area contributed by atoms with Gasteiger partial charge in [-0.1, -0.05) is 29.8 Å². The van der Waals surface area contributed by atoms with E-state index in [0.29, 0.717) is 23.7 Å². The van der Waals surface area contributed by atoms with Crippen LogP contribution in [0.15, 0.2) is 24.3 Å². The molecule has 2 rings (SSSR count). The first-order valence-corrected chi connectivity index (χ1v) is 7.79. The summed E-state index contributed by atoms with van der Waals surface area (Å²) in [6.45, 7) is 0.429. The van der Waals surface area contributed by atoms with E-state index in [-0.39, 0.29) is 17.2 Å². The average molecular weight is 313 g/mol. The molecule has 0 aliphatic carbocycles. The highest BCUT2D eigenvalue weighted by molar-refractivity contribution is 8.00. The average Bonchev–Trinajstić information content (AvgIpc) is 2.77. The van der Waals surface area contributed by atoms with Crippen molar-refractivity contribution in [1.29, 1.82) is 0 Å². The zero-order chi connectivity index (χ0) is 14.7. The lowest BCUT2D eigenvalue weighted by Crippen LogP contribution is -2.33. The van der Waals surface area contributed by atoms with Gasteiger partial charge in [-0.2, -0.15) is 0 Å². The van der Waals surface area contributed by atoms with Gasteiger partial charge in [0.25, 0.3) is 0 Å². The summed E-state index contributed by atoms with van der Waals surface area (Å²) < 4.78 is 0. The molecule has 0 saturated carbocycles. The van der Waals surface area contributed by atoms with E-state index in [1.807, 2.05) is 24.3 Å². The van der Waals surface area contributed by atoms with Crippen molar-refractivity contribution in [3.63, 3.8) is 0 Å². The largest absolute Gasteiger partial charge is 0.349 e. The van der Waals surface area contributed by atoms with Gasteiger partial charge in [-0.15, -0.1) is 11.8 Å². The second-order valence-corrected chi connectivity index (χ2v) is 6.29. The van der Waals surface area contributed by atoms with E-state index in [1.165, 1.54) is 4.90 Å². The number of rotatable bonds is 4. The monoisotopic (exact) mass is 312 g/mol. The Labute approximate surface area is 128 Å². The van der Waals surface area contributed by atoms with E-state index < -0.39 is 0 Å². The van der Waals surface area contributed by atoms with Crippen molar-refractivity contribution in [3.05, 3.63) is 34.9 Å². The Bertz CT molecular complexity index is 522. The fraction of sp³-hybridized carbons (Fsp3) is 0.429. The predicted molar refractivity (Wildman–Crippen MR) is 81.7 cm³/mol. The van der Waals surface area contributed by atoms with Crippen molar-refractivity contribution in [2.24, 2.45) is 0 Å². The molecule has 108 valence electrons. The highest BCUT2D eigenvalue weighted by atomic mass is 35.5. The molecule has 6 heteroatoms. The summed E-state index contributed by atoms with van der Waals surface area (Å²) in [5.41, 5.74) is 0.933. The second kappa shape index (κ2) is 6.50. The Morgan fingerprint density at radius 3 is 2.80 bits per heavy atom. The van der Waals surface area contributed by atoms with Crippen LogP contribution < -0.4 is 0 Å². The van der Waals surface area contributed by atoms with E-state index in [0.717, 1.165) is 5.56 Å². The van der Waals surface area contributed by atoms with Crippen LogP contribution in [0.5, 0.6) is 0 Å². The number of hydrogen-bond acceptors (Lipinski definition) is 3. The van der Waals surface area contributed by atoms with Crippen LogP contribution in [0.2, 0.25) is 5.02 Å². The number of nitrogens with zero attached hydrogens (tertiary/aromatic N) is 2. The Balaban J connectivity index is 2.11. The number of hydrogen-bond donors (Lipinski definition) is 0. The van der Waals surface area contributed by atoms with Crippen LogP contribution in [-0.4, -0.2) is 48.0 Å². The standard InChI is InChI=1S/C14H17ClN2O2S/c1-16(2)12(18)7-8-17-13(19)9-20-14(17)10-5-3-4-6-11(10)15/h3-6,14H,7-9H2,1-2H3/t14-/m0/s1. The first-order valence-electron chi connectivity index (χ1n) is 6.36. The van der Waals surface area contributed by atoms with Gasteiger partial charge < -0.3 is 9.80 Å². The normalized spacial score (nSPS) is 18.4. The van der Waals surface area contributed by atoms with Gasteiger partial charge in [-0.25, -0.2) is 0 Å². The predicted octanol–water partition coefficient (Wildman–Crippen LogP) is 2.39. The Morgan fingerprint density at radius 1 is 1.45 bits per heavy atom. The van der Waals surface area contributed by atoms with E-state index in [4.69, 9.17) is 11.6 Å². The van der Waals surface area contributed by atoms with Crippen LogP contribution in [0.4, 0.5) is 0 Å². The van der Waals surface area contributed by atoms with E-state index in [1.54, 1.807) is 30.8 Å². The Morgan fingerprint density at radius 2 is 2.15 bits per heavy atom. The van der Waals surface area contributed by atoms with Gasteiger partial charge in [-0.3, -0.25) is 9.59 Å². The number of thioether (sulfide) groups is 1. The second-order valence-electron chi connectivity index (χ2n) is 4.81. The summed E-state index contributed by atoms with van der Waals surface area (Å²) in [7, 11) is 3.43. The molecule has 4 nitrogen and oxygen atoms in total. The van der Waals surface area contributed by atoms with Crippen molar-refractivity contribution >= 4 is 35.2 Å². The minimum atomic E-state index is -0.0915. The van der Waals surface area contributed by atoms with Crippen LogP contribution in [0.1, 0.15) is 17.4 Å². The number of halogens is 1. The molecule has 1 aliphatic heterocycles. The smallest absolute Gasteiger partial charge is 0.233 e. The maximum atomic E-state index is 12.0. The number of carbonyl (C=O) groups excluding carboxylic acids is 2. The molecule has 1 heterocycles. The Hall–Kier alpha value is -1.20. The summed E-state index contributed by atoms with van der Waals surface area (Å²) in [6, 6.07) is 7.53. The van der Waals surface area contributed by atoms with Gasteiger partial charge in [0.1, 0.15) is 5.37 Å². The van der Waals surface area contributed by atoms with Crippen LogP contribution in [0, 0.1) is 0 Å². The minimum Gasteiger partial charge on any atom is -0.349 e. The van der Waals surface area contributed by atoms with Gasteiger partial charge in [-0.05, 0) is 6.07 Å². The van der Waals surface area contributed by atoms with E-state index >= 15 is 0 Å². The third-order valence-electron chi connectivity index (χ3n) is 3.20. The first-order chi connectivity index (χ1) is 9.50. The van der Waals surface area contributed by atoms with Crippen LogP contribution >= 0.6 is 23.4 Å². The highest BCUT2D eigenvalue weighted by Crippen LogP contribution is 2.41. The molecule has 20 heavy (non-hydrogen) atoms. The Kier molecular flexibility index (Phi) is 4.94. The lowest BCUT2D eigenvalue weighted by molar-refractivity contribution is -0.131. The third kappa shape index (κ3) is 3.27. The van der Waals surface area contributed by atoms with Crippen LogP contribution in [0.25, 0.3) is 0 Å². The van der Waals surface area contributed by atoms with Crippen molar-refractivity contribution in [3.8, 4) is 0 Å². The summed E-state index contributed by atoms with van der Waals surface area (Å²) in [5, 5.41) is 0.565. The zero-order valence-corrected chi connectivity index (χ0v) is 13.1. The molecule has 0 radical (unpaired) electrons. The highest BCUT2D eigenvalue weighted by Gasteiger charge is 2.33. The molecule has 0 unspecified atom stereocenters. The molecular formula is C14H17ClN2O2S. The summed E-state index contributed by atoms with van der Waals surface area (Å²) >= 11 is 7.76. The molecule has 1 saturated heterocycles. The fourth-order valence-corrected chi connectivity index (χ4v) is 3.63. The third-order valence-corrected chi connectivity index (χ3v) is 4.79. The molecule has 1 atom stereocenters. The summed E-state index contributed by atoms with van der Waals surface area (Å²) in [4.78, 5) is 26.9. The minimum absolute atomic E-state index is 0.0209. The molecule has 2 amide bonds. The molecular weight excluding hydrogens is 296 g/mol. The summed E-state index contributed by atoms with van der Waals surface area (Å²) in [6.07, 6.45) is 0.334. The summed E-state index contributed by atoms with van der Waals surface area (Å²) in [5.74, 6) is 0.519. The van der Waals surface area contributed by atoms with Crippen LogP contribution in [-0.2, 0) is 9.59 Å². The molecule has 0 aromatic heterocycles. The van der Waals surface area contributed by atoms with Crippen LogP contribution in [0.3, 0.4) is 0 Å². The quantitative estimate of drug-likeness (QED) is 0.857. The fourth-order valence-electron chi connectivity index (χ4n) is 2.07. The van der Waals surface area contributed by atoms with Gasteiger partial charge in [0, 0.05) is 37.6 Å². The van der Waals surface area contributed by atoms with Gasteiger partial charge >= 0.3 is 0 Å². The van der Waals surface area contributed by atoms with Crippen molar-refractivity contribution in [1.82, 2.24) is 9.80 Å². The van der Waals surface area contributed by atoms with Gasteiger partial charge in [0.05, 0.1) is 5.75 Å². The molecule has 1 aromatic rings. The first kappa shape index (κ1) is 15.2. The molecule has 0 bridgehead atoms.